The van der Waals surface area contributed by atoms with Gasteiger partial charge in [0.25, 0.3) is 0 Å². The molecule has 0 saturated heterocycles. The van der Waals surface area contributed by atoms with Crippen molar-refractivity contribution in [2.75, 3.05) is 35.3 Å². The first-order valence-corrected chi connectivity index (χ1v) is 14.3. The number of alkyl halides is 6. The molecule has 6 nitrogen and oxygen atoms in total. The van der Waals surface area contributed by atoms with E-state index in [-0.39, 0.29) is 18.4 Å². The lowest BCUT2D eigenvalue weighted by molar-refractivity contribution is -0.138. The molecule has 1 N–H and O–H groups in total. The standard InChI is InChI=1S/C30H34F6N6/c1-19-18-20(29(31,32)33)12-13-24(19)38-26-22-10-7-16-42(27-23(30(34,35)36)11-6-15-37-27)17-14-25(22)39-28(40-26)41(2)21-8-4-3-5-9-21/h6,11-13,15,18,21H,3-5,7-10,14,16-17H2,1-2H3,(H,38,39,40). The van der Waals surface area contributed by atoms with Gasteiger partial charge in [0.15, 0.2) is 0 Å². The van der Waals surface area contributed by atoms with Gasteiger partial charge in [-0.15, -0.1) is 0 Å². The summed E-state index contributed by atoms with van der Waals surface area (Å²) in [5.74, 6) is 0.914. The number of anilines is 4. The number of nitrogens with one attached hydrogen (secondary N) is 1. The summed E-state index contributed by atoms with van der Waals surface area (Å²) in [5.41, 5.74) is 0.963. The third kappa shape index (κ3) is 6.57. The number of rotatable bonds is 5. The minimum absolute atomic E-state index is 0.0965. The van der Waals surface area contributed by atoms with Crippen LogP contribution in [-0.2, 0) is 25.2 Å². The molecule has 1 aromatic carbocycles. The van der Waals surface area contributed by atoms with Crippen molar-refractivity contribution in [1.82, 2.24) is 15.0 Å². The van der Waals surface area contributed by atoms with Gasteiger partial charge < -0.3 is 15.1 Å². The predicted octanol–water partition coefficient (Wildman–Crippen LogP) is 7.73. The molecule has 3 aromatic rings. The molecule has 1 aliphatic carbocycles. The largest absolute Gasteiger partial charge is 0.419 e. The number of fused-ring (bicyclic) bond motifs is 1. The molecule has 42 heavy (non-hydrogen) atoms. The van der Waals surface area contributed by atoms with E-state index in [0.29, 0.717) is 54.5 Å². The molecule has 0 atom stereocenters. The highest BCUT2D eigenvalue weighted by molar-refractivity contribution is 5.65. The fourth-order valence-corrected chi connectivity index (χ4v) is 5.87. The average molecular weight is 593 g/mol. The minimum Gasteiger partial charge on any atom is -0.356 e. The summed E-state index contributed by atoms with van der Waals surface area (Å²) in [7, 11) is 1.95. The van der Waals surface area contributed by atoms with Crippen LogP contribution in [0.5, 0.6) is 0 Å². The first-order valence-electron chi connectivity index (χ1n) is 14.3. The SMILES string of the molecule is Cc1cc(C(F)(F)F)ccc1Nc1nc(N(C)C2CCCCC2)nc2c1CCCN(c1ncccc1C(F)(F)F)CC2. The molecule has 3 heterocycles. The van der Waals surface area contributed by atoms with E-state index in [1.807, 2.05) is 7.05 Å². The minimum atomic E-state index is -4.53. The van der Waals surface area contributed by atoms with Gasteiger partial charge in [-0.25, -0.2) is 9.97 Å². The fraction of sp³-hybridized carbons (Fsp3) is 0.500. The molecular formula is C30H34F6N6. The first kappa shape index (κ1) is 29.9. The zero-order chi connectivity index (χ0) is 30.1. The Morgan fingerprint density at radius 2 is 1.67 bits per heavy atom. The summed E-state index contributed by atoms with van der Waals surface area (Å²) in [6.07, 6.45) is -0.850. The van der Waals surface area contributed by atoms with E-state index in [1.54, 1.807) is 11.8 Å². The lowest BCUT2D eigenvalue weighted by atomic mass is 9.95. The highest BCUT2D eigenvalue weighted by Gasteiger charge is 2.36. The third-order valence-electron chi connectivity index (χ3n) is 8.19. The molecule has 226 valence electrons. The monoisotopic (exact) mass is 592 g/mol. The number of halogens is 6. The van der Waals surface area contributed by atoms with Crippen molar-refractivity contribution in [2.24, 2.45) is 0 Å². The van der Waals surface area contributed by atoms with E-state index in [4.69, 9.17) is 9.97 Å². The van der Waals surface area contributed by atoms with Crippen molar-refractivity contribution in [3.63, 3.8) is 0 Å². The maximum absolute atomic E-state index is 13.8. The third-order valence-corrected chi connectivity index (χ3v) is 8.19. The number of pyridine rings is 1. The van der Waals surface area contributed by atoms with Crippen LogP contribution in [0, 0.1) is 6.92 Å². The van der Waals surface area contributed by atoms with Gasteiger partial charge in [-0.05, 0) is 68.5 Å². The van der Waals surface area contributed by atoms with Crippen LogP contribution in [0.15, 0.2) is 36.5 Å². The summed E-state index contributed by atoms with van der Waals surface area (Å²) >= 11 is 0. The van der Waals surface area contributed by atoms with Crippen LogP contribution >= 0.6 is 0 Å². The van der Waals surface area contributed by atoms with E-state index >= 15 is 0 Å². The maximum atomic E-state index is 13.8. The lowest BCUT2D eigenvalue weighted by Crippen LogP contribution is -2.36. The van der Waals surface area contributed by atoms with Crippen LogP contribution < -0.4 is 15.1 Å². The van der Waals surface area contributed by atoms with Crippen LogP contribution in [0.25, 0.3) is 0 Å². The van der Waals surface area contributed by atoms with E-state index in [0.717, 1.165) is 49.4 Å². The number of hydrogen-bond donors (Lipinski definition) is 1. The van der Waals surface area contributed by atoms with Crippen molar-refractivity contribution in [3.8, 4) is 0 Å². The van der Waals surface area contributed by atoms with Crippen molar-refractivity contribution >= 4 is 23.3 Å². The van der Waals surface area contributed by atoms with E-state index in [1.165, 1.54) is 24.8 Å². The molecule has 1 aliphatic heterocycles. The first-order chi connectivity index (χ1) is 19.9. The smallest absolute Gasteiger partial charge is 0.356 e. The molecule has 12 heteroatoms. The van der Waals surface area contributed by atoms with Gasteiger partial charge in [0.2, 0.25) is 5.95 Å². The van der Waals surface area contributed by atoms with E-state index < -0.39 is 23.5 Å². The number of nitrogens with zero attached hydrogens (tertiary/aromatic N) is 5. The molecule has 2 aromatic heterocycles. The molecule has 1 fully saturated rings. The zero-order valence-corrected chi connectivity index (χ0v) is 23.6. The molecule has 0 amide bonds. The fourth-order valence-electron chi connectivity index (χ4n) is 5.87. The Hall–Kier alpha value is -3.57. The molecule has 0 radical (unpaired) electrons. The Morgan fingerprint density at radius 1 is 0.905 bits per heavy atom. The molecule has 0 bridgehead atoms. The van der Waals surface area contributed by atoms with Gasteiger partial charge >= 0.3 is 12.4 Å². The van der Waals surface area contributed by atoms with Crippen molar-refractivity contribution in [3.05, 3.63) is 64.5 Å². The highest BCUT2D eigenvalue weighted by atomic mass is 19.4. The summed E-state index contributed by atoms with van der Waals surface area (Å²) in [4.78, 5) is 17.6. The van der Waals surface area contributed by atoms with Crippen LogP contribution in [0.1, 0.15) is 66.5 Å². The van der Waals surface area contributed by atoms with Crippen LogP contribution in [0.4, 0.5) is 49.6 Å². The van der Waals surface area contributed by atoms with Gasteiger partial charge in [0.1, 0.15) is 11.6 Å². The molecule has 1 saturated carbocycles. The molecule has 5 rings (SSSR count). The number of aromatic nitrogens is 3. The van der Waals surface area contributed by atoms with E-state index in [9.17, 15) is 26.3 Å². The van der Waals surface area contributed by atoms with Crippen LogP contribution in [0.3, 0.4) is 0 Å². The summed E-state index contributed by atoms with van der Waals surface area (Å²) in [5, 5.41) is 3.28. The quantitative estimate of drug-likeness (QED) is 0.306. The second kappa shape index (κ2) is 12.0. The second-order valence-corrected chi connectivity index (χ2v) is 11.1. The average Bonchev–Trinajstić information content (AvgIpc) is 2.94. The van der Waals surface area contributed by atoms with Gasteiger partial charge in [0, 0.05) is 50.0 Å². The van der Waals surface area contributed by atoms with Crippen molar-refractivity contribution < 1.29 is 26.3 Å². The summed E-state index contributed by atoms with van der Waals surface area (Å²) in [6.45, 7) is 2.23. The van der Waals surface area contributed by atoms with Gasteiger partial charge in [-0.1, -0.05) is 19.3 Å². The molecule has 0 unspecified atom stereocenters. The van der Waals surface area contributed by atoms with Crippen LogP contribution in [-0.4, -0.2) is 41.1 Å². The van der Waals surface area contributed by atoms with E-state index in [2.05, 4.69) is 15.2 Å². The second-order valence-electron chi connectivity index (χ2n) is 11.1. The Bertz CT molecular complexity index is 1400. The van der Waals surface area contributed by atoms with Crippen LogP contribution in [0.2, 0.25) is 0 Å². The van der Waals surface area contributed by atoms with Gasteiger partial charge in [-0.2, -0.15) is 31.3 Å². The van der Waals surface area contributed by atoms with Gasteiger partial charge in [0.05, 0.1) is 16.8 Å². The predicted molar refractivity (Wildman–Crippen MR) is 150 cm³/mol. The van der Waals surface area contributed by atoms with Crippen molar-refractivity contribution in [1.29, 1.82) is 0 Å². The van der Waals surface area contributed by atoms with Crippen molar-refractivity contribution in [2.45, 2.75) is 76.7 Å². The van der Waals surface area contributed by atoms with Gasteiger partial charge in [-0.3, -0.25) is 0 Å². The normalized spacial score (nSPS) is 16.9. The lowest BCUT2D eigenvalue weighted by Gasteiger charge is -2.33. The number of benzene rings is 1. The Labute approximate surface area is 241 Å². The molecule has 0 spiro atoms. The summed E-state index contributed by atoms with van der Waals surface area (Å²) in [6, 6.07) is 6.13. The number of hydrogen-bond acceptors (Lipinski definition) is 6. The Kier molecular flexibility index (Phi) is 8.52. The zero-order valence-electron chi connectivity index (χ0n) is 23.6. The topological polar surface area (TPSA) is 57.2 Å². The maximum Gasteiger partial charge on any atom is 0.419 e. The molecular weight excluding hydrogens is 558 g/mol. The highest BCUT2D eigenvalue weighted by Crippen LogP contribution is 2.37. The number of aryl methyl sites for hydroxylation is 1. The molecule has 2 aliphatic rings. The summed E-state index contributed by atoms with van der Waals surface area (Å²) < 4.78 is 81.1. The Morgan fingerprint density at radius 3 is 2.36 bits per heavy atom. The Balaban J connectivity index is 1.50.